The number of nitrogens with zero attached hydrogens (tertiary/aromatic N) is 1. The Labute approximate surface area is 122 Å². The molecular weight excluding hydrogens is 280 g/mol. The van der Waals surface area contributed by atoms with Crippen molar-refractivity contribution in [3.63, 3.8) is 0 Å². The van der Waals surface area contributed by atoms with E-state index >= 15 is 0 Å². The highest BCUT2D eigenvalue weighted by Crippen LogP contribution is 2.08. The summed E-state index contributed by atoms with van der Waals surface area (Å²) in [6.45, 7) is 2.45. The van der Waals surface area contributed by atoms with Crippen LogP contribution in [-0.2, 0) is 11.3 Å². The van der Waals surface area contributed by atoms with E-state index in [2.05, 4.69) is 15.6 Å². The zero-order chi connectivity index (χ0) is 13.2. The molecule has 1 aliphatic rings. The molecule has 0 spiro atoms. The normalized spacial score (nSPS) is 14.6. The van der Waals surface area contributed by atoms with Crippen LogP contribution >= 0.6 is 12.4 Å². The van der Waals surface area contributed by atoms with E-state index in [1.165, 1.54) is 0 Å². The molecule has 1 aromatic heterocycles. The van der Waals surface area contributed by atoms with E-state index in [0.717, 1.165) is 24.1 Å². The van der Waals surface area contributed by atoms with Crippen LogP contribution in [0.1, 0.15) is 0 Å². The average Bonchev–Trinajstić information content (AvgIpc) is 2.64. The first-order chi connectivity index (χ1) is 9.25. The molecule has 1 aromatic carbocycles. The zero-order valence-corrected chi connectivity index (χ0v) is 11.7. The molecule has 0 aliphatic carbocycles. The van der Waals surface area contributed by atoms with Crippen LogP contribution in [0.4, 0.5) is 0 Å². The Hall–Kier alpha value is -1.79. The van der Waals surface area contributed by atoms with E-state index in [1.54, 1.807) is 4.57 Å². The van der Waals surface area contributed by atoms with Gasteiger partial charge in [-0.1, -0.05) is 12.1 Å². The second-order valence-electron chi connectivity index (χ2n) is 4.75. The smallest absolute Gasteiger partial charge is 0.326 e. The maximum atomic E-state index is 11.8. The van der Waals surface area contributed by atoms with Gasteiger partial charge in [0.2, 0.25) is 5.91 Å². The number of hydrogen-bond donors (Lipinski definition) is 3. The third-order valence-corrected chi connectivity index (χ3v) is 3.47. The fourth-order valence-corrected chi connectivity index (χ4v) is 2.24. The van der Waals surface area contributed by atoms with Crippen molar-refractivity contribution in [1.29, 1.82) is 0 Å². The number of benzene rings is 1. The number of halogens is 1. The van der Waals surface area contributed by atoms with E-state index < -0.39 is 0 Å². The van der Waals surface area contributed by atoms with Crippen LogP contribution in [0.25, 0.3) is 11.0 Å². The topological polar surface area (TPSA) is 78.9 Å². The van der Waals surface area contributed by atoms with Crippen molar-refractivity contribution in [3.8, 4) is 0 Å². The van der Waals surface area contributed by atoms with Gasteiger partial charge in [-0.15, -0.1) is 12.4 Å². The highest BCUT2D eigenvalue weighted by molar-refractivity contribution is 5.85. The number of para-hydroxylation sites is 2. The van der Waals surface area contributed by atoms with Crippen molar-refractivity contribution in [2.45, 2.75) is 6.54 Å². The quantitative estimate of drug-likeness (QED) is 0.748. The highest BCUT2D eigenvalue weighted by atomic mass is 35.5. The van der Waals surface area contributed by atoms with E-state index in [4.69, 9.17) is 0 Å². The Morgan fingerprint density at radius 3 is 2.80 bits per heavy atom. The highest BCUT2D eigenvalue weighted by Gasteiger charge is 2.24. The first-order valence-electron chi connectivity index (χ1n) is 6.41. The number of H-pyrrole nitrogens is 1. The number of carbonyl (C=O) groups excluding carboxylic acids is 1. The second kappa shape index (κ2) is 6.11. The van der Waals surface area contributed by atoms with Gasteiger partial charge >= 0.3 is 5.69 Å². The summed E-state index contributed by atoms with van der Waals surface area (Å²) in [6.07, 6.45) is 0. The number of imidazole rings is 1. The maximum Gasteiger partial charge on any atom is 0.326 e. The van der Waals surface area contributed by atoms with Crippen LogP contribution in [0, 0.1) is 5.92 Å². The van der Waals surface area contributed by atoms with Gasteiger partial charge in [0.05, 0.1) is 17.0 Å². The molecule has 7 heteroatoms. The predicted molar refractivity (Wildman–Crippen MR) is 79.2 cm³/mol. The van der Waals surface area contributed by atoms with Gasteiger partial charge in [0, 0.05) is 26.2 Å². The fraction of sp³-hybridized carbons (Fsp3) is 0.385. The first-order valence-corrected chi connectivity index (χ1v) is 6.41. The molecule has 3 N–H and O–H groups in total. The summed E-state index contributed by atoms with van der Waals surface area (Å²) in [5.74, 6) is 0.145. The molecule has 2 heterocycles. The Morgan fingerprint density at radius 2 is 2.10 bits per heavy atom. The van der Waals surface area contributed by atoms with Gasteiger partial charge in [0.25, 0.3) is 0 Å². The Kier molecular flexibility index (Phi) is 4.46. The Morgan fingerprint density at radius 1 is 1.35 bits per heavy atom. The third kappa shape index (κ3) is 2.71. The number of nitrogens with one attached hydrogen (secondary N) is 3. The monoisotopic (exact) mass is 296 g/mol. The SMILES string of the molecule is Cl.O=C(NCCn1c(=O)[nH]c2ccccc21)C1CNC1. The van der Waals surface area contributed by atoms with E-state index in [-0.39, 0.29) is 29.9 Å². The van der Waals surface area contributed by atoms with Crippen LogP contribution in [0.15, 0.2) is 29.1 Å². The molecule has 1 amide bonds. The number of aromatic amines is 1. The molecule has 0 radical (unpaired) electrons. The van der Waals surface area contributed by atoms with E-state index in [1.807, 2.05) is 24.3 Å². The van der Waals surface area contributed by atoms with Crippen molar-refractivity contribution in [3.05, 3.63) is 34.7 Å². The van der Waals surface area contributed by atoms with Gasteiger partial charge in [-0.05, 0) is 12.1 Å². The third-order valence-electron chi connectivity index (χ3n) is 3.47. The van der Waals surface area contributed by atoms with Gasteiger partial charge in [-0.3, -0.25) is 9.36 Å². The summed E-state index contributed by atoms with van der Waals surface area (Å²) in [4.78, 5) is 26.3. The van der Waals surface area contributed by atoms with Crippen molar-refractivity contribution in [1.82, 2.24) is 20.2 Å². The average molecular weight is 297 g/mol. The van der Waals surface area contributed by atoms with Gasteiger partial charge in [-0.2, -0.15) is 0 Å². The molecule has 1 saturated heterocycles. The molecule has 1 aliphatic heterocycles. The predicted octanol–water partition coefficient (Wildman–Crippen LogP) is 0.0870. The minimum atomic E-state index is -0.138. The standard InChI is InChI=1S/C13H16N4O2.ClH/c18-12(9-7-14-8-9)15-5-6-17-11-4-2-1-3-10(11)16-13(17)19;/h1-4,9,14H,5-8H2,(H,15,18)(H,16,19);1H. The molecule has 1 fully saturated rings. The van der Waals surface area contributed by atoms with Gasteiger partial charge in [0.15, 0.2) is 0 Å². The van der Waals surface area contributed by atoms with Crippen molar-refractivity contribution in [2.75, 3.05) is 19.6 Å². The number of aromatic nitrogens is 2. The van der Waals surface area contributed by atoms with Crippen molar-refractivity contribution in [2.24, 2.45) is 5.92 Å². The van der Waals surface area contributed by atoms with Gasteiger partial charge in [0.1, 0.15) is 0 Å². The molecule has 0 unspecified atom stereocenters. The lowest BCUT2D eigenvalue weighted by Gasteiger charge is -2.25. The molecule has 0 atom stereocenters. The van der Waals surface area contributed by atoms with E-state index in [9.17, 15) is 9.59 Å². The van der Waals surface area contributed by atoms with Gasteiger partial charge in [-0.25, -0.2) is 4.79 Å². The van der Waals surface area contributed by atoms with Crippen LogP contribution in [-0.4, -0.2) is 35.1 Å². The number of rotatable bonds is 4. The molecular formula is C13H17ClN4O2. The lowest BCUT2D eigenvalue weighted by Crippen LogP contribution is -2.51. The zero-order valence-electron chi connectivity index (χ0n) is 10.9. The summed E-state index contributed by atoms with van der Waals surface area (Å²) in [5, 5.41) is 5.92. The first kappa shape index (κ1) is 14.6. The molecule has 2 aromatic rings. The summed E-state index contributed by atoms with van der Waals surface area (Å²) in [6, 6.07) is 7.54. The second-order valence-corrected chi connectivity index (χ2v) is 4.75. The number of amides is 1. The number of carbonyl (C=O) groups is 1. The van der Waals surface area contributed by atoms with Crippen LogP contribution < -0.4 is 16.3 Å². The molecule has 3 rings (SSSR count). The molecule has 20 heavy (non-hydrogen) atoms. The lowest BCUT2D eigenvalue weighted by atomic mass is 10.0. The molecule has 108 valence electrons. The van der Waals surface area contributed by atoms with Gasteiger partial charge < -0.3 is 15.6 Å². The fourth-order valence-electron chi connectivity index (χ4n) is 2.24. The largest absolute Gasteiger partial charge is 0.354 e. The lowest BCUT2D eigenvalue weighted by molar-refractivity contribution is -0.126. The van der Waals surface area contributed by atoms with Crippen LogP contribution in [0.2, 0.25) is 0 Å². The summed E-state index contributed by atoms with van der Waals surface area (Å²) in [5.41, 5.74) is 1.55. The molecule has 0 saturated carbocycles. The number of fused-ring (bicyclic) bond motifs is 1. The minimum Gasteiger partial charge on any atom is -0.354 e. The van der Waals surface area contributed by atoms with Crippen molar-refractivity contribution < 1.29 is 4.79 Å². The maximum absolute atomic E-state index is 11.8. The van der Waals surface area contributed by atoms with Crippen LogP contribution in [0.5, 0.6) is 0 Å². The van der Waals surface area contributed by atoms with Crippen LogP contribution in [0.3, 0.4) is 0 Å². The summed E-state index contributed by atoms with van der Waals surface area (Å²) < 4.78 is 1.65. The summed E-state index contributed by atoms with van der Waals surface area (Å²) in [7, 11) is 0. The van der Waals surface area contributed by atoms with Crippen molar-refractivity contribution >= 4 is 29.3 Å². The van der Waals surface area contributed by atoms with E-state index in [0.29, 0.717) is 13.1 Å². The molecule has 0 bridgehead atoms. The summed E-state index contributed by atoms with van der Waals surface area (Å²) >= 11 is 0. The minimum absolute atomic E-state index is 0. The number of hydrogen-bond acceptors (Lipinski definition) is 3. The molecule has 6 nitrogen and oxygen atoms in total. The Balaban J connectivity index is 0.00000147. The Bertz CT molecular complexity index is 660.